The zero-order chi connectivity index (χ0) is 14.7. The van der Waals surface area contributed by atoms with Gasteiger partial charge in [-0.2, -0.15) is 0 Å². The van der Waals surface area contributed by atoms with Crippen LogP contribution in [0.2, 0.25) is 0 Å². The molecule has 0 saturated carbocycles. The summed E-state index contributed by atoms with van der Waals surface area (Å²) >= 11 is 4.52. The number of ether oxygens (including phenoxy) is 1. The van der Waals surface area contributed by atoms with Crippen molar-refractivity contribution in [3.8, 4) is 11.4 Å². The molecule has 0 aliphatic heterocycles. The summed E-state index contributed by atoms with van der Waals surface area (Å²) < 4.78 is 7.90. The van der Waals surface area contributed by atoms with Crippen molar-refractivity contribution < 1.29 is 14.6 Å². The van der Waals surface area contributed by atoms with Crippen LogP contribution in [0.5, 0.6) is 5.75 Å². The Hall–Kier alpha value is -1.54. The van der Waals surface area contributed by atoms with Gasteiger partial charge in [-0.3, -0.25) is 9.36 Å². The number of nitrogens with zero attached hydrogens (tertiary/aromatic N) is 3. The molecule has 1 N–H and O–H groups in total. The summed E-state index contributed by atoms with van der Waals surface area (Å²) in [6.45, 7) is 1.81. The highest BCUT2D eigenvalue weighted by Gasteiger charge is 2.14. The van der Waals surface area contributed by atoms with Gasteiger partial charge in [0.15, 0.2) is 5.16 Å². The number of methoxy groups -OCH3 is 1. The molecule has 1 heterocycles. The Balaban J connectivity index is 2.41. The molecule has 0 unspecified atom stereocenters. The fourth-order valence-electron chi connectivity index (χ4n) is 1.65. The fourth-order valence-corrected chi connectivity index (χ4v) is 2.77. The van der Waals surface area contributed by atoms with Gasteiger partial charge in [-0.15, -0.1) is 10.2 Å². The number of carboxylic acids is 1. The van der Waals surface area contributed by atoms with Crippen LogP contribution in [0.4, 0.5) is 0 Å². The maximum absolute atomic E-state index is 10.7. The van der Waals surface area contributed by atoms with E-state index in [1.54, 1.807) is 11.7 Å². The number of aromatic nitrogens is 3. The standard InChI is InChI=1S/C12H12BrN3O3S/c1-7-14-15-12(20-6-11(17)18)16(7)8-3-4-9(13)10(5-8)19-2/h3-5H,6H2,1-2H3,(H,17,18). The van der Waals surface area contributed by atoms with Gasteiger partial charge in [0.1, 0.15) is 11.6 Å². The van der Waals surface area contributed by atoms with Crippen LogP contribution in [0.25, 0.3) is 5.69 Å². The Morgan fingerprint density at radius 3 is 2.90 bits per heavy atom. The molecule has 0 amide bonds. The first-order valence-electron chi connectivity index (χ1n) is 5.63. The van der Waals surface area contributed by atoms with Gasteiger partial charge in [0.2, 0.25) is 0 Å². The number of rotatable bonds is 5. The number of benzene rings is 1. The second-order valence-corrected chi connectivity index (χ2v) is 5.66. The van der Waals surface area contributed by atoms with Crippen molar-refractivity contribution in [3.63, 3.8) is 0 Å². The molecule has 0 aliphatic carbocycles. The van der Waals surface area contributed by atoms with Gasteiger partial charge < -0.3 is 9.84 Å². The summed E-state index contributed by atoms with van der Waals surface area (Å²) in [6.07, 6.45) is 0. The molecule has 0 spiro atoms. The van der Waals surface area contributed by atoms with Gasteiger partial charge in [0.25, 0.3) is 0 Å². The first-order valence-corrected chi connectivity index (χ1v) is 7.41. The van der Waals surface area contributed by atoms with Crippen molar-refractivity contribution in [2.45, 2.75) is 12.1 Å². The highest BCUT2D eigenvalue weighted by Crippen LogP contribution is 2.29. The van der Waals surface area contributed by atoms with Gasteiger partial charge in [-0.25, -0.2) is 0 Å². The maximum Gasteiger partial charge on any atom is 0.313 e. The third-order valence-electron chi connectivity index (χ3n) is 2.51. The number of aryl methyl sites for hydroxylation is 1. The Bertz CT molecular complexity index is 645. The molecule has 0 fully saturated rings. The highest BCUT2D eigenvalue weighted by atomic mass is 79.9. The number of carboxylic acid groups (broad SMARTS) is 1. The topological polar surface area (TPSA) is 77.2 Å². The van der Waals surface area contributed by atoms with Gasteiger partial charge in [0, 0.05) is 6.07 Å². The van der Waals surface area contributed by atoms with E-state index in [0.717, 1.165) is 21.9 Å². The highest BCUT2D eigenvalue weighted by molar-refractivity contribution is 9.10. The molecule has 1 aromatic heterocycles. The first-order chi connectivity index (χ1) is 9.52. The molecule has 6 nitrogen and oxygen atoms in total. The molecule has 0 atom stereocenters. The number of thioether (sulfide) groups is 1. The van der Waals surface area contributed by atoms with Crippen LogP contribution in [0.3, 0.4) is 0 Å². The fraction of sp³-hybridized carbons (Fsp3) is 0.250. The third kappa shape index (κ3) is 3.13. The largest absolute Gasteiger partial charge is 0.495 e. The Labute approximate surface area is 128 Å². The second-order valence-electron chi connectivity index (χ2n) is 3.87. The van der Waals surface area contributed by atoms with Crippen LogP contribution in [0.1, 0.15) is 5.82 Å². The lowest BCUT2D eigenvalue weighted by Crippen LogP contribution is -2.03. The van der Waals surface area contributed by atoms with Crippen LogP contribution in [0, 0.1) is 6.92 Å². The van der Waals surface area contributed by atoms with Gasteiger partial charge in [0.05, 0.1) is 23.0 Å². The predicted octanol–water partition coefficient (Wildman–Crippen LogP) is 2.52. The van der Waals surface area contributed by atoms with Crippen molar-refractivity contribution in [2.24, 2.45) is 0 Å². The Kier molecular flexibility index (Phi) is 4.66. The van der Waals surface area contributed by atoms with Crippen LogP contribution >= 0.6 is 27.7 Å². The van der Waals surface area contributed by atoms with Crippen molar-refractivity contribution >= 4 is 33.7 Å². The summed E-state index contributed by atoms with van der Waals surface area (Å²) in [6, 6.07) is 5.58. The number of hydrogen-bond acceptors (Lipinski definition) is 5. The summed E-state index contributed by atoms with van der Waals surface area (Å²) in [5, 5.41) is 17.3. The molecular formula is C12H12BrN3O3S. The van der Waals surface area contributed by atoms with E-state index in [0.29, 0.717) is 16.7 Å². The van der Waals surface area contributed by atoms with E-state index in [-0.39, 0.29) is 5.75 Å². The molecule has 0 bridgehead atoms. The average Bonchev–Trinajstić information content (AvgIpc) is 2.78. The van der Waals surface area contributed by atoms with Crippen LogP contribution in [-0.2, 0) is 4.79 Å². The second kappa shape index (κ2) is 6.27. The van der Waals surface area contributed by atoms with E-state index in [4.69, 9.17) is 9.84 Å². The van der Waals surface area contributed by atoms with Crippen molar-refractivity contribution in [1.29, 1.82) is 0 Å². The lowest BCUT2D eigenvalue weighted by molar-refractivity contribution is -0.133. The minimum Gasteiger partial charge on any atom is -0.495 e. The summed E-state index contributed by atoms with van der Waals surface area (Å²) in [5.41, 5.74) is 0.820. The molecule has 0 saturated heterocycles. The SMILES string of the molecule is COc1cc(-n2c(C)nnc2SCC(=O)O)ccc1Br. The molecular weight excluding hydrogens is 346 g/mol. The lowest BCUT2D eigenvalue weighted by atomic mass is 10.3. The molecule has 0 radical (unpaired) electrons. The zero-order valence-electron chi connectivity index (χ0n) is 10.8. The number of aliphatic carboxylic acids is 1. The van der Waals surface area contributed by atoms with Crippen LogP contribution < -0.4 is 4.74 Å². The predicted molar refractivity (Wildman–Crippen MR) is 78.7 cm³/mol. The monoisotopic (exact) mass is 357 g/mol. The van der Waals surface area contributed by atoms with E-state index in [1.807, 2.05) is 25.1 Å². The maximum atomic E-state index is 10.7. The van der Waals surface area contributed by atoms with Crippen molar-refractivity contribution in [2.75, 3.05) is 12.9 Å². The smallest absolute Gasteiger partial charge is 0.313 e. The summed E-state index contributed by atoms with van der Waals surface area (Å²) in [7, 11) is 1.59. The normalized spacial score (nSPS) is 10.6. The van der Waals surface area contributed by atoms with Gasteiger partial charge >= 0.3 is 5.97 Å². The van der Waals surface area contributed by atoms with E-state index in [2.05, 4.69) is 26.1 Å². The number of carbonyl (C=O) groups is 1. The molecule has 1 aromatic carbocycles. The van der Waals surface area contributed by atoms with Crippen molar-refractivity contribution in [3.05, 3.63) is 28.5 Å². The van der Waals surface area contributed by atoms with E-state index >= 15 is 0 Å². The van der Waals surface area contributed by atoms with E-state index in [9.17, 15) is 4.79 Å². The molecule has 20 heavy (non-hydrogen) atoms. The van der Waals surface area contributed by atoms with Crippen LogP contribution in [-0.4, -0.2) is 38.7 Å². The van der Waals surface area contributed by atoms with Crippen LogP contribution in [0.15, 0.2) is 27.8 Å². The number of halogens is 1. The minimum absolute atomic E-state index is 0.0637. The Morgan fingerprint density at radius 2 is 2.25 bits per heavy atom. The van der Waals surface area contributed by atoms with E-state index in [1.165, 1.54) is 0 Å². The first kappa shape index (κ1) is 14.9. The van der Waals surface area contributed by atoms with Gasteiger partial charge in [-0.1, -0.05) is 11.8 Å². The van der Waals surface area contributed by atoms with Crippen molar-refractivity contribution in [1.82, 2.24) is 14.8 Å². The van der Waals surface area contributed by atoms with Gasteiger partial charge in [-0.05, 0) is 35.0 Å². The molecule has 2 rings (SSSR count). The Morgan fingerprint density at radius 1 is 1.50 bits per heavy atom. The summed E-state index contributed by atoms with van der Waals surface area (Å²) in [4.78, 5) is 10.7. The minimum atomic E-state index is -0.893. The third-order valence-corrected chi connectivity index (χ3v) is 4.08. The molecule has 8 heteroatoms. The molecule has 0 aliphatic rings. The molecule has 2 aromatic rings. The van der Waals surface area contributed by atoms with E-state index < -0.39 is 5.97 Å². The number of hydrogen-bond donors (Lipinski definition) is 1. The quantitative estimate of drug-likeness (QED) is 0.828. The molecule has 106 valence electrons. The average molecular weight is 358 g/mol. The zero-order valence-corrected chi connectivity index (χ0v) is 13.2. The lowest BCUT2D eigenvalue weighted by Gasteiger charge is -2.10. The summed E-state index contributed by atoms with van der Waals surface area (Å²) in [5.74, 6) is 0.411.